The number of benzene rings is 3. The number of anilines is 1. The number of carbonyl (C=O) groups excluding carboxylic acids is 4. The van der Waals surface area contributed by atoms with E-state index in [1.807, 2.05) is 0 Å². The lowest BCUT2D eigenvalue weighted by molar-refractivity contribution is -0.156. The summed E-state index contributed by atoms with van der Waals surface area (Å²) in [5.41, 5.74) is 5.60. The van der Waals surface area contributed by atoms with Crippen molar-refractivity contribution in [3.8, 4) is 0 Å². The molecule has 1 fully saturated rings. The van der Waals surface area contributed by atoms with Crippen molar-refractivity contribution in [3.05, 3.63) is 131 Å². The van der Waals surface area contributed by atoms with Gasteiger partial charge in [-0.2, -0.15) is 9.97 Å². The summed E-state index contributed by atoms with van der Waals surface area (Å²) in [6.07, 6.45) is -4.28. The van der Waals surface area contributed by atoms with Gasteiger partial charge in [0.15, 0.2) is 24.5 Å². The average Bonchev–Trinajstić information content (AvgIpc) is 3.68. The Morgan fingerprint density at radius 2 is 1.35 bits per heavy atom. The Balaban J connectivity index is 1.43. The summed E-state index contributed by atoms with van der Waals surface area (Å²) in [5.74, 6) is -3.49. The number of aromatic nitrogens is 4. The van der Waals surface area contributed by atoms with E-state index in [-0.39, 0.29) is 28.4 Å². The molecule has 0 spiro atoms. The van der Waals surface area contributed by atoms with Crippen LogP contribution in [-0.4, -0.2) is 73.8 Å². The number of ether oxygens (including phenoxy) is 5. The standard InChI is InChI=1S/C34H29N5O10/c1-20(40)46-27-26(49-31(43)23-15-9-4-10-16-23)25(48-28(27)38-17-18-39-33(38)36-32(35)37-34(39)44)24(47-30(42)22-13-7-3-8-14-22)19-45-29(41)21-11-5-2-6-12-21/h2-18,24-28H,19H2,1H3,(H2,35,37,44). The zero-order chi connectivity index (χ0) is 34.5. The van der Waals surface area contributed by atoms with Crippen LogP contribution in [-0.2, 0) is 28.5 Å². The minimum absolute atomic E-state index is 0.0400. The third-order valence-corrected chi connectivity index (χ3v) is 7.53. The number of carbonyl (C=O) groups is 4. The highest BCUT2D eigenvalue weighted by Gasteiger charge is 2.55. The molecule has 0 aliphatic carbocycles. The Labute approximate surface area is 277 Å². The van der Waals surface area contributed by atoms with Gasteiger partial charge in [0.25, 0.3) is 0 Å². The van der Waals surface area contributed by atoms with Crippen molar-refractivity contribution in [1.82, 2.24) is 18.9 Å². The molecule has 0 bridgehead atoms. The lowest BCUT2D eigenvalue weighted by Crippen LogP contribution is -2.47. The Morgan fingerprint density at radius 1 is 0.776 bits per heavy atom. The van der Waals surface area contributed by atoms with Gasteiger partial charge in [0.1, 0.15) is 12.7 Å². The van der Waals surface area contributed by atoms with Crippen molar-refractivity contribution in [3.63, 3.8) is 0 Å². The van der Waals surface area contributed by atoms with Crippen molar-refractivity contribution in [2.24, 2.45) is 0 Å². The first-order chi connectivity index (χ1) is 23.7. The van der Waals surface area contributed by atoms with Gasteiger partial charge in [0.05, 0.1) is 16.7 Å². The van der Waals surface area contributed by atoms with Crippen LogP contribution in [0.5, 0.6) is 0 Å². The Hall–Kier alpha value is -6.35. The second kappa shape index (κ2) is 14.2. The molecule has 5 unspecified atom stereocenters. The molecule has 0 amide bonds. The maximum absolute atomic E-state index is 13.5. The molecule has 49 heavy (non-hydrogen) atoms. The molecular weight excluding hydrogens is 638 g/mol. The van der Waals surface area contributed by atoms with Gasteiger partial charge >= 0.3 is 29.6 Å². The number of hydrogen-bond donors (Lipinski definition) is 1. The molecule has 1 aliphatic heterocycles. The van der Waals surface area contributed by atoms with E-state index in [9.17, 15) is 24.0 Å². The second-order valence-corrected chi connectivity index (χ2v) is 10.8. The van der Waals surface area contributed by atoms with Crippen molar-refractivity contribution < 1.29 is 42.9 Å². The maximum atomic E-state index is 13.5. The predicted molar refractivity (Wildman–Crippen MR) is 169 cm³/mol. The van der Waals surface area contributed by atoms with Gasteiger partial charge in [-0.1, -0.05) is 54.6 Å². The number of nitrogens with two attached hydrogens (primary N) is 1. The minimum atomic E-state index is -1.46. The molecule has 15 heteroatoms. The molecule has 5 atom stereocenters. The molecule has 15 nitrogen and oxygen atoms in total. The first-order valence-corrected chi connectivity index (χ1v) is 15.0. The van der Waals surface area contributed by atoms with Crippen LogP contribution in [0.1, 0.15) is 44.2 Å². The molecule has 6 rings (SSSR count). The normalized spacial score (nSPS) is 19.1. The SMILES string of the molecule is CC(=O)OC1C(OC(=O)c2ccccc2)C(C(COC(=O)c2ccccc2)OC(=O)c2ccccc2)OC1n1ccn2c(=O)nc(N)nc12. The fraction of sp³-hybridized carbons (Fsp3) is 0.206. The monoisotopic (exact) mass is 667 g/mol. The van der Waals surface area contributed by atoms with Crippen LogP contribution in [0, 0.1) is 0 Å². The predicted octanol–water partition coefficient (Wildman–Crippen LogP) is 2.61. The third kappa shape index (κ3) is 7.16. The zero-order valence-electron chi connectivity index (χ0n) is 25.9. The average molecular weight is 668 g/mol. The zero-order valence-corrected chi connectivity index (χ0v) is 25.9. The summed E-state index contributed by atoms with van der Waals surface area (Å²) in [7, 11) is 0. The van der Waals surface area contributed by atoms with E-state index in [0.717, 1.165) is 11.3 Å². The minimum Gasteiger partial charge on any atom is -0.458 e. The summed E-state index contributed by atoms with van der Waals surface area (Å²) in [4.78, 5) is 72.8. The summed E-state index contributed by atoms with van der Waals surface area (Å²) < 4.78 is 32.0. The summed E-state index contributed by atoms with van der Waals surface area (Å²) in [5, 5.41) is 0. The van der Waals surface area contributed by atoms with Crippen LogP contribution in [0.15, 0.2) is 108 Å². The van der Waals surface area contributed by atoms with Crippen LogP contribution >= 0.6 is 0 Å². The molecule has 0 radical (unpaired) electrons. The Morgan fingerprint density at radius 3 is 1.94 bits per heavy atom. The van der Waals surface area contributed by atoms with E-state index in [1.165, 1.54) is 41.2 Å². The third-order valence-electron chi connectivity index (χ3n) is 7.53. The van der Waals surface area contributed by atoms with Crippen LogP contribution < -0.4 is 11.4 Å². The van der Waals surface area contributed by atoms with Crippen LogP contribution in [0.3, 0.4) is 0 Å². The van der Waals surface area contributed by atoms with Crippen molar-refractivity contribution in [2.45, 2.75) is 37.6 Å². The highest BCUT2D eigenvalue weighted by atomic mass is 16.7. The van der Waals surface area contributed by atoms with Gasteiger partial charge in [-0.25, -0.2) is 23.6 Å². The van der Waals surface area contributed by atoms with E-state index in [4.69, 9.17) is 29.4 Å². The maximum Gasteiger partial charge on any atom is 0.357 e. The topological polar surface area (TPSA) is 193 Å². The fourth-order valence-electron chi connectivity index (χ4n) is 5.33. The van der Waals surface area contributed by atoms with Crippen LogP contribution in [0.25, 0.3) is 5.78 Å². The fourth-order valence-corrected chi connectivity index (χ4v) is 5.33. The quantitative estimate of drug-likeness (QED) is 0.169. The summed E-state index contributed by atoms with van der Waals surface area (Å²) in [6, 6.07) is 24.2. The summed E-state index contributed by atoms with van der Waals surface area (Å²) in [6.45, 7) is 0.588. The number of nitrogens with zero attached hydrogens (tertiary/aromatic N) is 4. The Bertz CT molecular complexity index is 2030. The molecule has 2 N–H and O–H groups in total. The second-order valence-electron chi connectivity index (χ2n) is 10.8. The van der Waals surface area contributed by atoms with E-state index in [2.05, 4.69) is 9.97 Å². The number of imidazole rings is 1. The van der Waals surface area contributed by atoms with Gasteiger partial charge in [-0.15, -0.1) is 0 Å². The van der Waals surface area contributed by atoms with Crippen molar-refractivity contribution >= 4 is 35.6 Å². The van der Waals surface area contributed by atoms with E-state index < -0.39 is 66.8 Å². The van der Waals surface area contributed by atoms with Gasteiger partial charge < -0.3 is 29.4 Å². The highest BCUT2D eigenvalue weighted by molar-refractivity contribution is 5.90. The van der Waals surface area contributed by atoms with Gasteiger partial charge in [0, 0.05) is 19.3 Å². The molecule has 3 heterocycles. The molecule has 0 saturated carbocycles. The van der Waals surface area contributed by atoms with Crippen LogP contribution in [0.2, 0.25) is 0 Å². The van der Waals surface area contributed by atoms with Gasteiger partial charge in [-0.3, -0.25) is 9.36 Å². The number of nitrogen functional groups attached to an aromatic ring is 1. The highest BCUT2D eigenvalue weighted by Crippen LogP contribution is 2.38. The van der Waals surface area contributed by atoms with Crippen molar-refractivity contribution in [1.29, 1.82) is 0 Å². The largest absolute Gasteiger partial charge is 0.458 e. The van der Waals surface area contributed by atoms with Gasteiger partial charge in [-0.05, 0) is 36.4 Å². The molecule has 2 aromatic heterocycles. The molecule has 1 aliphatic rings. The van der Waals surface area contributed by atoms with E-state index in [1.54, 1.807) is 66.7 Å². The van der Waals surface area contributed by atoms with Crippen LogP contribution in [0.4, 0.5) is 5.95 Å². The smallest absolute Gasteiger partial charge is 0.357 e. The molecule has 250 valence electrons. The van der Waals surface area contributed by atoms with E-state index >= 15 is 0 Å². The summed E-state index contributed by atoms with van der Waals surface area (Å²) >= 11 is 0. The van der Waals surface area contributed by atoms with Crippen molar-refractivity contribution in [2.75, 3.05) is 12.3 Å². The lowest BCUT2D eigenvalue weighted by atomic mass is 10.0. The number of fused-ring (bicyclic) bond motifs is 1. The van der Waals surface area contributed by atoms with E-state index in [0.29, 0.717) is 0 Å². The number of hydrogen-bond acceptors (Lipinski definition) is 13. The first-order valence-electron chi connectivity index (χ1n) is 15.0. The molecule has 3 aromatic carbocycles. The Kier molecular flexibility index (Phi) is 9.43. The molecule has 1 saturated heterocycles. The molecular formula is C34H29N5O10. The lowest BCUT2D eigenvalue weighted by Gasteiger charge is -2.28. The molecule has 5 aromatic rings. The number of esters is 4. The number of rotatable bonds is 10. The van der Waals surface area contributed by atoms with Gasteiger partial charge in [0.2, 0.25) is 11.7 Å². The first kappa shape index (κ1) is 32.6.